The maximum atomic E-state index is 14.0. The lowest BCUT2D eigenvalue weighted by atomic mass is 10.00. The summed E-state index contributed by atoms with van der Waals surface area (Å²) >= 11 is 0. The number of carbonyl (C=O) groups excluding carboxylic acids is 3. The minimum absolute atomic E-state index is 0.128. The zero-order chi connectivity index (χ0) is 28.1. The molecule has 7 heteroatoms. The first-order chi connectivity index (χ1) is 19.4. The van der Waals surface area contributed by atoms with E-state index in [1.165, 1.54) is 4.90 Å². The van der Waals surface area contributed by atoms with Gasteiger partial charge in [-0.1, -0.05) is 96.6 Å². The Balaban J connectivity index is 1.49. The van der Waals surface area contributed by atoms with Crippen molar-refractivity contribution in [3.8, 4) is 0 Å². The van der Waals surface area contributed by atoms with Crippen molar-refractivity contribution in [1.82, 2.24) is 5.32 Å². The summed E-state index contributed by atoms with van der Waals surface area (Å²) in [4.78, 5) is 46.6. The SMILES string of the molecule is Cc1ccc(C(=O)CN2C(=O)C(NC(=O)CCc3ccccc3N)N=C(c3ccccc3)c3ccccc32)cc1. The van der Waals surface area contributed by atoms with Crippen LogP contribution in [0.4, 0.5) is 11.4 Å². The molecule has 5 rings (SSSR count). The van der Waals surface area contributed by atoms with E-state index in [2.05, 4.69) is 5.32 Å². The van der Waals surface area contributed by atoms with Crippen LogP contribution in [0.1, 0.15) is 39.0 Å². The number of Topliss-reactive ketones (excluding diaryl/α,β-unsaturated/α-hetero) is 1. The fourth-order valence-electron chi connectivity index (χ4n) is 4.72. The molecule has 0 spiro atoms. The van der Waals surface area contributed by atoms with Crippen LogP contribution in [0.5, 0.6) is 0 Å². The van der Waals surface area contributed by atoms with Gasteiger partial charge in [0.15, 0.2) is 5.78 Å². The van der Waals surface area contributed by atoms with Crippen molar-refractivity contribution in [2.45, 2.75) is 25.9 Å². The predicted molar refractivity (Wildman–Crippen MR) is 157 cm³/mol. The molecule has 3 N–H and O–H groups in total. The number of nitrogens with two attached hydrogens (primary N) is 1. The highest BCUT2D eigenvalue weighted by molar-refractivity contribution is 6.21. The molecule has 4 aromatic carbocycles. The van der Waals surface area contributed by atoms with Crippen LogP contribution in [0.15, 0.2) is 108 Å². The highest BCUT2D eigenvalue weighted by atomic mass is 16.2. The number of benzodiazepines with no additional fused rings is 1. The molecule has 0 radical (unpaired) electrons. The van der Waals surface area contributed by atoms with E-state index in [1.807, 2.05) is 85.8 Å². The molecule has 1 atom stereocenters. The maximum absolute atomic E-state index is 14.0. The number of amides is 2. The minimum atomic E-state index is -1.21. The maximum Gasteiger partial charge on any atom is 0.272 e. The van der Waals surface area contributed by atoms with Gasteiger partial charge in [0, 0.05) is 28.8 Å². The Morgan fingerprint density at radius 1 is 0.875 bits per heavy atom. The molecule has 0 aromatic heterocycles. The number of anilines is 2. The van der Waals surface area contributed by atoms with E-state index in [4.69, 9.17) is 10.7 Å². The van der Waals surface area contributed by atoms with Gasteiger partial charge in [0.1, 0.15) is 0 Å². The zero-order valence-electron chi connectivity index (χ0n) is 22.2. The summed E-state index contributed by atoms with van der Waals surface area (Å²) in [5.74, 6) is -1.03. The van der Waals surface area contributed by atoms with Crippen molar-refractivity contribution in [1.29, 1.82) is 0 Å². The summed E-state index contributed by atoms with van der Waals surface area (Å²) < 4.78 is 0. The Morgan fingerprint density at radius 2 is 1.55 bits per heavy atom. The van der Waals surface area contributed by atoms with E-state index < -0.39 is 12.1 Å². The Morgan fingerprint density at radius 3 is 2.30 bits per heavy atom. The quantitative estimate of drug-likeness (QED) is 0.254. The molecule has 0 fully saturated rings. The van der Waals surface area contributed by atoms with Crippen molar-refractivity contribution < 1.29 is 14.4 Å². The third-order valence-electron chi connectivity index (χ3n) is 6.90. The van der Waals surface area contributed by atoms with Gasteiger partial charge in [-0.2, -0.15) is 0 Å². The largest absolute Gasteiger partial charge is 0.399 e. The van der Waals surface area contributed by atoms with Gasteiger partial charge in [-0.3, -0.25) is 14.4 Å². The summed E-state index contributed by atoms with van der Waals surface area (Å²) in [5.41, 5.74) is 11.7. The summed E-state index contributed by atoms with van der Waals surface area (Å²) in [7, 11) is 0. The fourth-order valence-corrected chi connectivity index (χ4v) is 4.72. The van der Waals surface area contributed by atoms with Gasteiger partial charge in [-0.25, -0.2) is 4.99 Å². The number of aryl methyl sites for hydroxylation is 2. The lowest BCUT2D eigenvalue weighted by molar-refractivity contribution is -0.127. The second-order valence-corrected chi connectivity index (χ2v) is 9.74. The number of ketones is 1. The molecule has 1 aliphatic rings. The molecule has 1 aliphatic heterocycles. The summed E-state index contributed by atoms with van der Waals surface area (Å²) in [6.07, 6.45) is -0.664. The van der Waals surface area contributed by atoms with Gasteiger partial charge in [-0.15, -0.1) is 0 Å². The molecule has 40 heavy (non-hydrogen) atoms. The minimum Gasteiger partial charge on any atom is -0.399 e. The van der Waals surface area contributed by atoms with Crippen LogP contribution >= 0.6 is 0 Å². The average molecular weight is 531 g/mol. The molecule has 0 bridgehead atoms. The highest BCUT2D eigenvalue weighted by Gasteiger charge is 2.34. The summed E-state index contributed by atoms with van der Waals surface area (Å²) in [5, 5.41) is 2.81. The number of nitrogen functional groups attached to an aromatic ring is 1. The van der Waals surface area contributed by atoms with Crippen LogP contribution in [0.3, 0.4) is 0 Å². The highest BCUT2D eigenvalue weighted by Crippen LogP contribution is 2.28. The molecule has 0 saturated carbocycles. The van der Waals surface area contributed by atoms with Crippen molar-refractivity contribution in [2.24, 2.45) is 4.99 Å². The Bertz CT molecular complexity index is 1580. The van der Waals surface area contributed by atoms with Crippen LogP contribution in [0.25, 0.3) is 0 Å². The normalized spacial score (nSPS) is 14.6. The lowest BCUT2D eigenvalue weighted by Crippen LogP contribution is -2.49. The third-order valence-corrected chi connectivity index (χ3v) is 6.90. The number of aliphatic imine (C=N–C) groups is 1. The first-order valence-corrected chi connectivity index (χ1v) is 13.2. The number of rotatable bonds is 8. The summed E-state index contributed by atoms with van der Waals surface area (Å²) in [6, 6.07) is 31.5. The zero-order valence-corrected chi connectivity index (χ0v) is 22.2. The topological polar surface area (TPSA) is 105 Å². The van der Waals surface area contributed by atoms with Crippen molar-refractivity contribution in [3.05, 3.63) is 131 Å². The number of nitrogens with one attached hydrogen (secondary N) is 1. The van der Waals surface area contributed by atoms with Crippen LogP contribution in [0, 0.1) is 6.92 Å². The van der Waals surface area contributed by atoms with E-state index in [0.29, 0.717) is 34.6 Å². The first kappa shape index (κ1) is 26.6. The molecular weight excluding hydrogens is 500 g/mol. The standard InChI is InChI=1S/C33H30N4O3/c1-22-15-17-24(18-16-22)29(38)21-37-28-14-8-6-12-26(28)31(25-10-3-2-4-11-25)36-32(33(37)40)35-30(39)20-19-23-9-5-7-13-27(23)34/h2-18,32H,19-21,34H2,1H3,(H,35,39). The van der Waals surface area contributed by atoms with Gasteiger partial charge in [0.05, 0.1) is 17.9 Å². The molecule has 1 unspecified atom stereocenters. The van der Waals surface area contributed by atoms with E-state index in [1.54, 1.807) is 24.3 Å². The van der Waals surface area contributed by atoms with E-state index in [9.17, 15) is 14.4 Å². The second-order valence-electron chi connectivity index (χ2n) is 9.74. The fraction of sp³-hybridized carbons (Fsp3) is 0.152. The number of benzene rings is 4. The number of nitrogens with zero attached hydrogens (tertiary/aromatic N) is 2. The molecule has 0 saturated heterocycles. The van der Waals surface area contributed by atoms with E-state index in [0.717, 1.165) is 16.7 Å². The number of hydrogen-bond donors (Lipinski definition) is 2. The van der Waals surface area contributed by atoms with Crippen LogP contribution < -0.4 is 16.0 Å². The molecule has 1 heterocycles. The van der Waals surface area contributed by atoms with Crippen molar-refractivity contribution in [2.75, 3.05) is 17.2 Å². The average Bonchev–Trinajstić information content (AvgIpc) is 3.08. The Hall–Kier alpha value is -5.04. The number of carbonyl (C=O) groups is 3. The molecule has 0 aliphatic carbocycles. The predicted octanol–water partition coefficient (Wildman–Crippen LogP) is 4.72. The Kier molecular flexibility index (Phi) is 7.82. The molecule has 7 nitrogen and oxygen atoms in total. The van der Waals surface area contributed by atoms with Gasteiger partial charge in [0.2, 0.25) is 12.1 Å². The number of hydrogen-bond acceptors (Lipinski definition) is 5. The first-order valence-electron chi connectivity index (χ1n) is 13.2. The van der Waals surface area contributed by atoms with E-state index in [-0.39, 0.29) is 24.7 Å². The molecule has 2 amide bonds. The molecule has 200 valence electrons. The van der Waals surface area contributed by atoms with Crippen molar-refractivity contribution >= 4 is 34.7 Å². The van der Waals surface area contributed by atoms with Gasteiger partial charge in [-0.05, 0) is 31.0 Å². The van der Waals surface area contributed by atoms with Crippen molar-refractivity contribution in [3.63, 3.8) is 0 Å². The lowest BCUT2D eigenvalue weighted by Gasteiger charge is -2.25. The second kappa shape index (κ2) is 11.8. The molecular formula is C33H30N4O3. The molecule has 4 aromatic rings. The summed E-state index contributed by atoms with van der Waals surface area (Å²) in [6.45, 7) is 1.76. The van der Waals surface area contributed by atoms with Gasteiger partial charge < -0.3 is 16.0 Å². The van der Waals surface area contributed by atoms with Gasteiger partial charge in [0.25, 0.3) is 5.91 Å². The van der Waals surface area contributed by atoms with Crippen LogP contribution in [-0.4, -0.2) is 36.0 Å². The van der Waals surface area contributed by atoms with Gasteiger partial charge >= 0.3 is 0 Å². The third kappa shape index (κ3) is 5.83. The Labute approximate surface area is 233 Å². The van der Waals surface area contributed by atoms with Crippen LogP contribution in [-0.2, 0) is 16.0 Å². The van der Waals surface area contributed by atoms with Crippen LogP contribution in [0.2, 0.25) is 0 Å². The number of fused-ring (bicyclic) bond motifs is 1. The smallest absolute Gasteiger partial charge is 0.272 e. The van der Waals surface area contributed by atoms with E-state index >= 15 is 0 Å². The number of para-hydroxylation sites is 2. The monoisotopic (exact) mass is 530 g/mol.